The van der Waals surface area contributed by atoms with E-state index in [2.05, 4.69) is 10.6 Å². The van der Waals surface area contributed by atoms with E-state index in [9.17, 15) is 24.6 Å². The number of hydrogen-bond donors (Lipinski definition) is 5. The SMILES string of the molecule is CC(=N)NC1CCN(C(=O)C2CC(SC3(C(C)O)C(=O)N4C(C(=O)O)=CC(C)[C@H]43)CN2)CC1. The Morgan fingerprint density at radius 3 is 2.61 bits per heavy atom. The summed E-state index contributed by atoms with van der Waals surface area (Å²) in [5, 5.41) is 34.0. The van der Waals surface area contributed by atoms with Crippen LogP contribution in [0.4, 0.5) is 0 Å². The van der Waals surface area contributed by atoms with Crippen molar-refractivity contribution in [1.82, 2.24) is 20.4 Å². The van der Waals surface area contributed by atoms with E-state index in [1.54, 1.807) is 19.9 Å². The van der Waals surface area contributed by atoms with E-state index in [-0.39, 0.29) is 40.8 Å². The number of likely N-dealkylation sites (tertiary alicyclic amines) is 1. The average molecular weight is 480 g/mol. The molecule has 5 unspecified atom stereocenters. The molecule has 3 saturated heterocycles. The minimum absolute atomic E-state index is 0.0110. The second-order valence-corrected chi connectivity index (χ2v) is 11.2. The van der Waals surface area contributed by atoms with Crippen LogP contribution in [0.1, 0.15) is 40.0 Å². The van der Waals surface area contributed by atoms with Crippen molar-refractivity contribution in [3.05, 3.63) is 11.8 Å². The smallest absolute Gasteiger partial charge is 0.352 e. The zero-order chi connectivity index (χ0) is 24.1. The van der Waals surface area contributed by atoms with Gasteiger partial charge in [0.05, 0.1) is 24.0 Å². The fourth-order valence-corrected chi connectivity index (χ4v) is 7.59. The maximum atomic E-state index is 13.1. The molecule has 6 atom stereocenters. The van der Waals surface area contributed by atoms with E-state index in [4.69, 9.17) is 5.41 Å². The molecule has 0 saturated carbocycles. The number of aliphatic carboxylic acids is 1. The predicted octanol–water partition coefficient (Wildman–Crippen LogP) is -0.0235. The van der Waals surface area contributed by atoms with Gasteiger partial charge in [0, 0.05) is 30.9 Å². The van der Waals surface area contributed by atoms with E-state index in [1.807, 2.05) is 11.8 Å². The Hall–Kier alpha value is -2.11. The summed E-state index contributed by atoms with van der Waals surface area (Å²) in [5.74, 6) is -1.18. The number of carbonyl (C=O) groups excluding carboxylic acids is 2. The first-order valence-corrected chi connectivity index (χ1v) is 12.4. The molecule has 0 bridgehead atoms. The molecule has 0 radical (unpaired) electrons. The van der Waals surface area contributed by atoms with Crippen molar-refractivity contribution in [3.8, 4) is 0 Å². The first-order chi connectivity index (χ1) is 15.6. The van der Waals surface area contributed by atoms with Crippen LogP contribution in [0.2, 0.25) is 0 Å². The topological polar surface area (TPSA) is 146 Å². The van der Waals surface area contributed by atoms with Gasteiger partial charge in [-0.2, -0.15) is 0 Å². The molecular weight excluding hydrogens is 446 g/mol. The maximum Gasteiger partial charge on any atom is 0.352 e. The van der Waals surface area contributed by atoms with Crippen molar-refractivity contribution in [2.24, 2.45) is 5.92 Å². The number of nitrogens with zero attached hydrogens (tertiary/aromatic N) is 2. The van der Waals surface area contributed by atoms with Gasteiger partial charge in [-0.25, -0.2) is 4.79 Å². The number of amidine groups is 1. The Labute approximate surface area is 197 Å². The van der Waals surface area contributed by atoms with E-state index >= 15 is 0 Å². The van der Waals surface area contributed by atoms with Crippen LogP contribution in [-0.4, -0.2) is 97.5 Å². The van der Waals surface area contributed by atoms with Gasteiger partial charge in [0.2, 0.25) is 11.8 Å². The lowest BCUT2D eigenvalue weighted by Gasteiger charge is -2.56. The number of carboxylic acid groups (broad SMARTS) is 1. The number of rotatable bonds is 6. The highest BCUT2D eigenvalue weighted by molar-refractivity contribution is 8.02. The summed E-state index contributed by atoms with van der Waals surface area (Å²) >= 11 is 1.39. The highest BCUT2D eigenvalue weighted by Gasteiger charge is 2.69. The van der Waals surface area contributed by atoms with Crippen LogP contribution in [-0.2, 0) is 14.4 Å². The standard InChI is InChI=1S/C22H33N5O5S/c1-11-8-17(20(30)31)27-18(11)22(12(2)28,21(27)32)33-15-9-16(24-10-15)19(29)26-6-4-14(5-7-26)25-13(3)23/h8,11-12,14-16,18,24,28H,4-7,9-10H2,1-3H3,(H2,23,25)(H,30,31)/t11?,12?,15?,16?,18-,22?/m0/s1. The Balaban J connectivity index is 1.38. The van der Waals surface area contributed by atoms with Gasteiger partial charge in [0.25, 0.3) is 0 Å². The fraction of sp³-hybridized carbons (Fsp3) is 0.727. The summed E-state index contributed by atoms with van der Waals surface area (Å²) in [6.07, 6.45) is 2.82. The molecule has 11 heteroatoms. The number of aliphatic hydroxyl groups excluding tert-OH is 1. The van der Waals surface area contributed by atoms with Crippen molar-refractivity contribution in [2.75, 3.05) is 19.6 Å². The molecule has 3 fully saturated rings. The fourth-order valence-electron chi connectivity index (χ4n) is 5.72. The molecule has 4 rings (SSSR count). The van der Waals surface area contributed by atoms with Crippen LogP contribution >= 0.6 is 11.8 Å². The number of carboxylic acids is 1. The lowest BCUT2D eigenvalue weighted by molar-refractivity contribution is -0.158. The lowest BCUT2D eigenvalue weighted by atomic mass is 9.78. The molecule has 33 heavy (non-hydrogen) atoms. The summed E-state index contributed by atoms with van der Waals surface area (Å²) in [6.45, 7) is 7.02. The minimum atomic E-state index is -1.13. The highest BCUT2D eigenvalue weighted by atomic mass is 32.2. The largest absolute Gasteiger partial charge is 0.477 e. The van der Waals surface area contributed by atoms with Crippen molar-refractivity contribution in [2.45, 2.75) is 74.3 Å². The van der Waals surface area contributed by atoms with Crippen LogP contribution in [0.15, 0.2) is 11.8 Å². The van der Waals surface area contributed by atoms with Gasteiger partial charge in [-0.1, -0.05) is 6.92 Å². The van der Waals surface area contributed by atoms with E-state index < -0.39 is 22.9 Å². The van der Waals surface area contributed by atoms with Crippen LogP contribution in [0.3, 0.4) is 0 Å². The maximum absolute atomic E-state index is 13.1. The Bertz CT molecular complexity index is 886. The summed E-state index contributed by atoms with van der Waals surface area (Å²) < 4.78 is -1.11. The van der Waals surface area contributed by atoms with Gasteiger partial charge >= 0.3 is 5.97 Å². The molecule has 0 aliphatic carbocycles. The minimum Gasteiger partial charge on any atom is -0.477 e. The van der Waals surface area contributed by atoms with Crippen molar-refractivity contribution in [3.63, 3.8) is 0 Å². The summed E-state index contributed by atoms with van der Waals surface area (Å²) in [5.41, 5.74) is -0.0110. The quantitative estimate of drug-likeness (QED) is 0.203. The third-order valence-corrected chi connectivity index (χ3v) is 9.11. The van der Waals surface area contributed by atoms with Gasteiger partial charge < -0.3 is 25.7 Å². The molecule has 10 nitrogen and oxygen atoms in total. The zero-order valence-corrected chi connectivity index (χ0v) is 20.0. The van der Waals surface area contributed by atoms with E-state index in [0.717, 1.165) is 12.8 Å². The van der Waals surface area contributed by atoms with Gasteiger partial charge in [0.1, 0.15) is 10.4 Å². The van der Waals surface area contributed by atoms with Crippen molar-refractivity contribution in [1.29, 1.82) is 5.41 Å². The number of fused-ring (bicyclic) bond motifs is 1. The second kappa shape index (κ2) is 8.92. The molecule has 0 spiro atoms. The molecule has 182 valence electrons. The normalized spacial score (nSPS) is 35.0. The second-order valence-electron chi connectivity index (χ2n) is 9.61. The molecule has 0 aromatic rings. The monoisotopic (exact) mass is 479 g/mol. The van der Waals surface area contributed by atoms with Gasteiger partial charge in [0.15, 0.2) is 0 Å². The number of thioether (sulfide) groups is 1. The molecular formula is C22H33N5O5S. The number of β-lactam (4-membered cyclic amide) rings is 1. The number of hydrogen-bond acceptors (Lipinski definition) is 7. The summed E-state index contributed by atoms with van der Waals surface area (Å²) in [7, 11) is 0. The van der Waals surface area contributed by atoms with Gasteiger partial charge in [-0.15, -0.1) is 11.8 Å². The average Bonchev–Trinajstić information content (AvgIpc) is 3.34. The number of carbonyl (C=O) groups is 3. The van der Waals surface area contributed by atoms with Crippen LogP contribution in [0.25, 0.3) is 0 Å². The number of amides is 2. The number of aliphatic hydroxyl groups is 1. The molecule has 2 amide bonds. The van der Waals surface area contributed by atoms with Crippen molar-refractivity contribution >= 4 is 35.4 Å². The van der Waals surface area contributed by atoms with Crippen LogP contribution in [0.5, 0.6) is 0 Å². The Kier molecular flexibility index (Phi) is 6.49. The predicted molar refractivity (Wildman–Crippen MR) is 124 cm³/mol. The highest BCUT2D eigenvalue weighted by Crippen LogP contribution is 2.55. The van der Waals surface area contributed by atoms with Crippen LogP contribution in [0, 0.1) is 11.3 Å². The van der Waals surface area contributed by atoms with E-state index in [0.29, 0.717) is 31.9 Å². The third kappa shape index (κ3) is 4.04. The molecule has 0 aromatic heterocycles. The van der Waals surface area contributed by atoms with Crippen molar-refractivity contribution < 1.29 is 24.6 Å². The van der Waals surface area contributed by atoms with Gasteiger partial charge in [-0.3, -0.25) is 19.9 Å². The molecule has 0 aromatic carbocycles. The number of nitrogens with one attached hydrogen (secondary N) is 3. The third-order valence-electron chi connectivity index (χ3n) is 7.27. The van der Waals surface area contributed by atoms with Gasteiger partial charge in [-0.05, 0) is 45.1 Å². The molecule has 4 aliphatic rings. The molecule has 4 heterocycles. The first-order valence-electron chi connectivity index (χ1n) is 11.5. The zero-order valence-electron chi connectivity index (χ0n) is 19.2. The first kappa shape index (κ1) is 24.0. The van der Waals surface area contributed by atoms with Crippen LogP contribution < -0.4 is 10.6 Å². The molecule has 5 N–H and O–H groups in total. The Morgan fingerprint density at radius 1 is 1.36 bits per heavy atom. The Morgan fingerprint density at radius 2 is 2.03 bits per heavy atom. The molecule has 4 aliphatic heterocycles. The lowest BCUT2D eigenvalue weighted by Crippen LogP contribution is -2.76. The van der Waals surface area contributed by atoms with E-state index in [1.165, 1.54) is 16.7 Å². The number of piperidine rings is 1. The summed E-state index contributed by atoms with van der Waals surface area (Å²) in [6, 6.07) is -0.509. The summed E-state index contributed by atoms with van der Waals surface area (Å²) in [4.78, 5) is 40.9.